The normalized spacial score (nSPS) is 16.9. The number of esters is 1. The van der Waals surface area contributed by atoms with E-state index in [0.717, 1.165) is 11.4 Å². The van der Waals surface area contributed by atoms with E-state index >= 15 is 0 Å². The molecule has 0 aromatic heterocycles. The lowest BCUT2D eigenvalue weighted by molar-refractivity contribution is -0.139. The molecule has 0 spiro atoms. The minimum atomic E-state index is -0.613. The Labute approximate surface area is 167 Å². The summed E-state index contributed by atoms with van der Waals surface area (Å²) in [7, 11) is 1.60. The molecule has 1 aliphatic heterocycles. The molecule has 6 nitrogen and oxygen atoms in total. The number of thioether (sulfide) groups is 1. The van der Waals surface area contributed by atoms with E-state index in [1.54, 1.807) is 38.4 Å². The maximum atomic E-state index is 13.0. The fraction of sp³-hybridized carbons (Fsp3) is 0.238. The molecule has 0 bridgehead atoms. The van der Waals surface area contributed by atoms with Crippen molar-refractivity contribution in [3.63, 3.8) is 0 Å². The summed E-state index contributed by atoms with van der Waals surface area (Å²) in [6, 6.07) is 14.4. The van der Waals surface area contributed by atoms with Crippen LogP contribution in [0, 0.1) is 0 Å². The van der Waals surface area contributed by atoms with Crippen molar-refractivity contribution >= 4 is 29.2 Å². The van der Waals surface area contributed by atoms with Crippen LogP contribution >= 0.6 is 11.8 Å². The minimum Gasteiger partial charge on any atom is -0.497 e. The van der Waals surface area contributed by atoms with Gasteiger partial charge in [0, 0.05) is 11.9 Å². The first kappa shape index (κ1) is 19.8. The number of nitrogens with one attached hydrogen (secondary N) is 1. The molecule has 7 heteroatoms. The van der Waals surface area contributed by atoms with Crippen LogP contribution in [0.1, 0.15) is 17.3 Å². The lowest BCUT2D eigenvalue weighted by atomic mass is 10.0. The number of carbonyl (C=O) groups is 2. The van der Waals surface area contributed by atoms with Crippen molar-refractivity contribution in [2.75, 3.05) is 24.8 Å². The van der Waals surface area contributed by atoms with Crippen molar-refractivity contribution < 1.29 is 23.8 Å². The van der Waals surface area contributed by atoms with Crippen molar-refractivity contribution in [2.45, 2.75) is 12.4 Å². The van der Waals surface area contributed by atoms with Crippen LogP contribution in [0.4, 0.5) is 5.69 Å². The Balaban J connectivity index is 1.82. The fourth-order valence-electron chi connectivity index (χ4n) is 2.65. The van der Waals surface area contributed by atoms with Crippen molar-refractivity contribution in [3.8, 4) is 11.5 Å². The van der Waals surface area contributed by atoms with E-state index < -0.39 is 5.44 Å². The monoisotopic (exact) mass is 399 g/mol. The molecule has 146 valence electrons. The average Bonchev–Trinajstić information content (AvgIpc) is 2.72. The highest BCUT2D eigenvalue weighted by molar-refractivity contribution is 8.00. The average molecular weight is 399 g/mol. The zero-order valence-electron chi connectivity index (χ0n) is 15.6. The van der Waals surface area contributed by atoms with E-state index in [9.17, 15) is 9.59 Å². The molecule has 3 rings (SSSR count). The van der Waals surface area contributed by atoms with Crippen LogP contribution in [-0.4, -0.2) is 36.7 Å². The van der Waals surface area contributed by atoms with Gasteiger partial charge >= 0.3 is 5.97 Å². The molecule has 1 atom stereocenters. The first-order valence-corrected chi connectivity index (χ1v) is 9.85. The number of ketones is 1. The molecule has 0 fully saturated rings. The number of para-hydroxylation sites is 1. The number of rotatable bonds is 7. The highest BCUT2D eigenvalue weighted by atomic mass is 32.2. The largest absolute Gasteiger partial charge is 0.497 e. The molecular weight excluding hydrogens is 378 g/mol. The Morgan fingerprint density at radius 1 is 1.21 bits per heavy atom. The van der Waals surface area contributed by atoms with Gasteiger partial charge in [0.2, 0.25) is 0 Å². The Morgan fingerprint density at radius 3 is 2.68 bits per heavy atom. The van der Waals surface area contributed by atoms with Crippen molar-refractivity contribution in [2.24, 2.45) is 0 Å². The number of hydrogen-bond donors (Lipinski definition) is 1. The number of anilines is 1. The molecular formula is C21H21NO5S. The lowest BCUT2D eigenvalue weighted by Crippen LogP contribution is -2.29. The highest BCUT2D eigenvalue weighted by Crippen LogP contribution is 2.35. The molecule has 0 aliphatic carbocycles. The Kier molecular flexibility index (Phi) is 6.60. The van der Waals surface area contributed by atoms with Crippen LogP contribution in [0.25, 0.3) is 0 Å². The van der Waals surface area contributed by atoms with Gasteiger partial charge in [-0.05, 0) is 43.3 Å². The van der Waals surface area contributed by atoms with E-state index in [-0.39, 0.29) is 17.5 Å². The van der Waals surface area contributed by atoms with Gasteiger partial charge in [0.05, 0.1) is 30.6 Å². The van der Waals surface area contributed by atoms with Crippen LogP contribution in [0.3, 0.4) is 0 Å². The van der Waals surface area contributed by atoms with E-state index in [1.807, 2.05) is 30.3 Å². The number of ether oxygens (including phenoxy) is 3. The second-order valence-electron chi connectivity index (χ2n) is 5.86. The smallest absolute Gasteiger partial charge is 0.316 e. The van der Waals surface area contributed by atoms with Crippen molar-refractivity contribution in [1.29, 1.82) is 0 Å². The molecule has 1 unspecified atom stereocenters. The predicted octanol–water partition coefficient (Wildman–Crippen LogP) is 3.89. The molecule has 28 heavy (non-hydrogen) atoms. The zero-order chi connectivity index (χ0) is 19.9. The molecule has 0 radical (unpaired) electrons. The molecule has 0 amide bonds. The molecule has 1 aliphatic rings. The second-order valence-corrected chi connectivity index (χ2v) is 6.91. The summed E-state index contributed by atoms with van der Waals surface area (Å²) < 4.78 is 16.1. The summed E-state index contributed by atoms with van der Waals surface area (Å²) in [5, 5.41) is 3.12. The summed E-state index contributed by atoms with van der Waals surface area (Å²) >= 11 is 1.22. The van der Waals surface area contributed by atoms with E-state index in [2.05, 4.69) is 5.32 Å². The third-order valence-corrected chi connectivity index (χ3v) is 5.08. The maximum Gasteiger partial charge on any atom is 0.316 e. The summed E-state index contributed by atoms with van der Waals surface area (Å²) in [6.45, 7) is 2.07. The van der Waals surface area contributed by atoms with Gasteiger partial charge < -0.3 is 19.5 Å². The third kappa shape index (κ3) is 4.67. The van der Waals surface area contributed by atoms with Gasteiger partial charge in [-0.2, -0.15) is 0 Å². The summed E-state index contributed by atoms with van der Waals surface area (Å²) in [4.78, 5) is 24.7. The van der Waals surface area contributed by atoms with Gasteiger partial charge in [0.25, 0.3) is 0 Å². The number of Topliss-reactive ketones (excluding diaryl/α,β-unsaturated/α-hetero) is 1. The van der Waals surface area contributed by atoms with E-state index in [4.69, 9.17) is 14.2 Å². The van der Waals surface area contributed by atoms with Crippen LogP contribution in [0.5, 0.6) is 11.5 Å². The Bertz CT molecular complexity index is 879. The molecule has 0 saturated heterocycles. The number of hydrogen-bond acceptors (Lipinski definition) is 7. The number of carbonyl (C=O) groups excluding carboxylic acids is 2. The van der Waals surface area contributed by atoms with Gasteiger partial charge in [-0.25, -0.2) is 0 Å². The SMILES string of the molecule is CCOC(=O)CSC1Oc2ccccc2C(=O)/C1=C\Nc1ccc(OC)cc1. The van der Waals surface area contributed by atoms with Gasteiger partial charge in [0.1, 0.15) is 11.5 Å². The summed E-state index contributed by atoms with van der Waals surface area (Å²) in [6.07, 6.45) is 1.63. The van der Waals surface area contributed by atoms with Crippen LogP contribution in [0.2, 0.25) is 0 Å². The Hall–Kier alpha value is -2.93. The molecule has 1 heterocycles. The van der Waals surface area contributed by atoms with Gasteiger partial charge in [-0.15, -0.1) is 11.8 Å². The molecule has 0 saturated carbocycles. The Morgan fingerprint density at radius 2 is 1.96 bits per heavy atom. The first-order chi connectivity index (χ1) is 13.6. The molecule has 2 aromatic carbocycles. The quantitative estimate of drug-likeness (QED) is 0.559. The maximum absolute atomic E-state index is 13.0. The van der Waals surface area contributed by atoms with Crippen LogP contribution in [0.15, 0.2) is 60.3 Å². The van der Waals surface area contributed by atoms with Crippen LogP contribution in [-0.2, 0) is 9.53 Å². The lowest BCUT2D eigenvalue weighted by Gasteiger charge is -2.27. The fourth-order valence-corrected chi connectivity index (χ4v) is 3.55. The topological polar surface area (TPSA) is 73.9 Å². The highest BCUT2D eigenvalue weighted by Gasteiger charge is 2.32. The second kappa shape index (κ2) is 9.32. The zero-order valence-corrected chi connectivity index (χ0v) is 16.5. The predicted molar refractivity (Wildman–Crippen MR) is 109 cm³/mol. The van der Waals surface area contributed by atoms with Crippen molar-refractivity contribution in [3.05, 3.63) is 65.9 Å². The van der Waals surface area contributed by atoms with Gasteiger partial charge in [0.15, 0.2) is 11.2 Å². The summed E-state index contributed by atoms with van der Waals surface area (Å²) in [5.41, 5.74) is 1.12. The van der Waals surface area contributed by atoms with E-state index in [0.29, 0.717) is 23.5 Å². The van der Waals surface area contributed by atoms with Gasteiger partial charge in [-0.1, -0.05) is 12.1 Å². The first-order valence-electron chi connectivity index (χ1n) is 8.80. The number of benzene rings is 2. The minimum absolute atomic E-state index is 0.0911. The van der Waals surface area contributed by atoms with Crippen molar-refractivity contribution in [1.82, 2.24) is 0 Å². The van der Waals surface area contributed by atoms with E-state index in [1.165, 1.54) is 11.8 Å². The molecule has 1 N–H and O–H groups in total. The number of fused-ring (bicyclic) bond motifs is 1. The van der Waals surface area contributed by atoms with Gasteiger partial charge in [-0.3, -0.25) is 9.59 Å². The molecule has 2 aromatic rings. The number of methoxy groups -OCH3 is 1. The van der Waals surface area contributed by atoms with Crippen LogP contribution < -0.4 is 14.8 Å². The summed E-state index contributed by atoms with van der Waals surface area (Å²) in [5.74, 6) is 0.866. The third-order valence-electron chi connectivity index (χ3n) is 4.02. The standard InChI is InChI=1S/C21H21NO5S/c1-3-26-19(23)13-28-21-17(12-22-14-8-10-15(25-2)11-9-14)20(24)16-6-4-5-7-18(16)27-21/h4-12,21-22H,3,13H2,1-2H3/b17-12+.